The monoisotopic (exact) mass is 515 g/mol. The lowest BCUT2D eigenvalue weighted by atomic mass is 10.0. The van der Waals surface area contributed by atoms with Gasteiger partial charge in [0.1, 0.15) is 17.5 Å². The molecule has 0 bridgehead atoms. The summed E-state index contributed by atoms with van der Waals surface area (Å²) in [4.78, 5) is 12.4. The summed E-state index contributed by atoms with van der Waals surface area (Å²) in [6, 6.07) is 5.57. The molecule has 0 saturated carbocycles. The van der Waals surface area contributed by atoms with Crippen LogP contribution in [0.5, 0.6) is 5.75 Å². The van der Waals surface area contributed by atoms with E-state index in [1.54, 1.807) is 74.4 Å². The second kappa shape index (κ2) is 12.1. The maximum atomic E-state index is 13.6. The topological polar surface area (TPSA) is 92.3 Å². The second-order valence-corrected chi connectivity index (χ2v) is 13.2. The SMILES string of the molecule is CCc1cc(C(CNC(C)C)OC(=O)OC(C)(C)C)ccc1OP(=O)(OC(C)(C)C)OC(C)(C)C. The van der Waals surface area contributed by atoms with Gasteiger partial charge in [-0.05, 0) is 92.0 Å². The van der Waals surface area contributed by atoms with Crippen LogP contribution in [-0.2, 0) is 29.5 Å². The van der Waals surface area contributed by atoms with Crippen LogP contribution in [0, 0.1) is 0 Å². The summed E-state index contributed by atoms with van der Waals surface area (Å²) in [7, 11) is -3.95. The lowest BCUT2D eigenvalue weighted by Crippen LogP contribution is -2.32. The van der Waals surface area contributed by atoms with Crippen molar-refractivity contribution in [3.63, 3.8) is 0 Å². The normalized spacial score (nSPS) is 14.1. The van der Waals surface area contributed by atoms with Crippen LogP contribution in [0.15, 0.2) is 18.2 Å². The highest BCUT2D eigenvalue weighted by molar-refractivity contribution is 7.49. The number of nitrogens with one attached hydrogen (secondary N) is 1. The third-order valence-electron chi connectivity index (χ3n) is 4.16. The molecule has 0 aliphatic carbocycles. The highest BCUT2D eigenvalue weighted by Crippen LogP contribution is 2.55. The Balaban J connectivity index is 3.31. The van der Waals surface area contributed by atoms with E-state index in [2.05, 4.69) is 5.32 Å². The number of carbonyl (C=O) groups is 1. The Bertz CT molecular complexity index is 859. The number of aryl methyl sites for hydroxylation is 1. The van der Waals surface area contributed by atoms with Crippen molar-refractivity contribution in [1.82, 2.24) is 5.32 Å². The minimum Gasteiger partial charge on any atom is -0.429 e. The number of ether oxygens (including phenoxy) is 2. The van der Waals surface area contributed by atoms with Crippen LogP contribution in [0.1, 0.15) is 100 Å². The molecular formula is C26H46NO7P. The molecule has 8 nitrogen and oxygen atoms in total. The maximum Gasteiger partial charge on any atom is 0.531 e. The molecule has 0 aliphatic heterocycles. The fraction of sp³-hybridized carbons (Fsp3) is 0.731. The molecule has 1 aromatic carbocycles. The Morgan fingerprint density at radius 2 is 1.49 bits per heavy atom. The van der Waals surface area contributed by atoms with Crippen molar-refractivity contribution < 1.29 is 32.4 Å². The summed E-state index contributed by atoms with van der Waals surface area (Å²) in [5.74, 6) is 0.390. The van der Waals surface area contributed by atoms with Gasteiger partial charge >= 0.3 is 14.0 Å². The fourth-order valence-corrected chi connectivity index (χ4v) is 4.85. The predicted octanol–water partition coefficient (Wildman–Crippen LogP) is 7.36. The molecule has 1 atom stereocenters. The summed E-state index contributed by atoms with van der Waals surface area (Å²) in [5, 5.41) is 3.31. The first-order chi connectivity index (χ1) is 15.7. The number of benzene rings is 1. The first-order valence-electron chi connectivity index (χ1n) is 12.2. The van der Waals surface area contributed by atoms with Crippen LogP contribution in [0.2, 0.25) is 0 Å². The molecule has 202 valence electrons. The summed E-state index contributed by atoms with van der Waals surface area (Å²) in [5.41, 5.74) is -0.624. The van der Waals surface area contributed by atoms with E-state index in [4.69, 9.17) is 23.0 Å². The first-order valence-corrected chi connectivity index (χ1v) is 13.6. The largest absolute Gasteiger partial charge is 0.531 e. The molecule has 0 fully saturated rings. The third-order valence-corrected chi connectivity index (χ3v) is 6.12. The summed E-state index contributed by atoms with van der Waals surface area (Å²) in [6.07, 6.45) is -0.742. The average molecular weight is 516 g/mol. The predicted molar refractivity (Wildman–Crippen MR) is 139 cm³/mol. The zero-order valence-corrected chi connectivity index (χ0v) is 24.5. The Morgan fingerprint density at radius 1 is 0.943 bits per heavy atom. The second-order valence-electron chi connectivity index (χ2n) is 11.8. The lowest BCUT2D eigenvalue weighted by Gasteiger charge is -2.31. The molecule has 0 spiro atoms. The van der Waals surface area contributed by atoms with Crippen molar-refractivity contribution >= 4 is 14.0 Å². The average Bonchev–Trinajstić information content (AvgIpc) is 2.60. The van der Waals surface area contributed by atoms with Crippen LogP contribution in [0.25, 0.3) is 0 Å². The summed E-state index contributed by atoms with van der Waals surface area (Å²) < 4.78 is 42.1. The summed E-state index contributed by atoms with van der Waals surface area (Å²) in [6.45, 7) is 22.5. The van der Waals surface area contributed by atoms with Gasteiger partial charge in [0.25, 0.3) is 0 Å². The van der Waals surface area contributed by atoms with Gasteiger partial charge in [-0.25, -0.2) is 9.36 Å². The van der Waals surface area contributed by atoms with E-state index in [0.717, 1.165) is 11.1 Å². The third kappa shape index (κ3) is 12.8. The van der Waals surface area contributed by atoms with Crippen LogP contribution in [0.3, 0.4) is 0 Å². The van der Waals surface area contributed by atoms with E-state index in [1.165, 1.54) is 0 Å². The Hall–Kier alpha value is -1.60. The van der Waals surface area contributed by atoms with Gasteiger partial charge in [0.05, 0.1) is 11.2 Å². The zero-order valence-electron chi connectivity index (χ0n) is 23.6. The van der Waals surface area contributed by atoms with Gasteiger partial charge in [-0.2, -0.15) is 0 Å². The molecule has 0 heterocycles. The van der Waals surface area contributed by atoms with E-state index in [9.17, 15) is 9.36 Å². The molecular weight excluding hydrogens is 469 g/mol. The summed E-state index contributed by atoms with van der Waals surface area (Å²) >= 11 is 0. The van der Waals surface area contributed by atoms with Crippen molar-refractivity contribution in [2.45, 2.75) is 118 Å². The molecule has 0 aromatic heterocycles. The molecule has 1 unspecified atom stereocenters. The van der Waals surface area contributed by atoms with E-state index in [0.29, 0.717) is 18.7 Å². The van der Waals surface area contributed by atoms with Crippen molar-refractivity contribution in [3.8, 4) is 5.75 Å². The van der Waals surface area contributed by atoms with Crippen LogP contribution >= 0.6 is 7.82 Å². The zero-order chi connectivity index (χ0) is 27.2. The Kier molecular flexibility index (Phi) is 10.9. The van der Waals surface area contributed by atoms with Gasteiger partial charge in [0, 0.05) is 12.6 Å². The molecule has 35 heavy (non-hydrogen) atoms. The first kappa shape index (κ1) is 31.4. The molecule has 9 heteroatoms. The molecule has 1 aromatic rings. The molecule has 0 aliphatic rings. The number of rotatable bonds is 10. The molecule has 0 saturated heterocycles. The van der Waals surface area contributed by atoms with Gasteiger partial charge < -0.3 is 19.3 Å². The molecule has 0 radical (unpaired) electrons. The minimum absolute atomic E-state index is 0.197. The van der Waals surface area contributed by atoms with Gasteiger partial charge in [0.2, 0.25) is 0 Å². The fourth-order valence-electron chi connectivity index (χ4n) is 2.97. The highest BCUT2D eigenvalue weighted by atomic mass is 31.2. The van der Waals surface area contributed by atoms with Crippen molar-refractivity contribution in [2.24, 2.45) is 0 Å². The van der Waals surface area contributed by atoms with Gasteiger partial charge in [-0.1, -0.05) is 26.8 Å². The number of phosphoric ester groups is 1. The highest BCUT2D eigenvalue weighted by Gasteiger charge is 2.39. The van der Waals surface area contributed by atoms with E-state index < -0.39 is 36.9 Å². The van der Waals surface area contributed by atoms with Gasteiger partial charge in [0.15, 0.2) is 0 Å². The molecule has 0 amide bonds. The van der Waals surface area contributed by atoms with Crippen molar-refractivity contribution in [3.05, 3.63) is 29.3 Å². The number of hydrogen-bond donors (Lipinski definition) is 1. The lowest BCUT2D eigenvalue weighted by molar-refractivity contribution is -0.0275. The van der Waals surface area contributed by atoms with Gasteiger partial charge in [-0.3, -0.25) is 9.05 Å². The van der Waals surface area contributed by atoms with E-state index >= 15 is 0 Å². The van der Waals surface area contributed by atoms with Crippen molar-refractivity contribution in [2.75, 3.05) is 6.54 Å². The standard InChI is InChI=1S/C26H46NO7P/c1-13-19-16-20(22(17-27-18(2)3)30-23(28)31-24(4,5)6)14-15-21(19)32-35(29,33-25(7,8)9)34-26(10,11)12/h14-16,18,22,27H,13,17H2,1-12H3. The van der Waals surface area contributed by atoms with E-state index in [1.807, 2.05) is 26.8 Å². The number of phosphoric acid groups is 1. The molecule has 1 rings (SSSR count). The van der Waals surface area contributed by atoms with E-state index in [-0.39, 0.29) is 6.04 Å². The van der Waals surface area contributed by atoms with Crippen LogP contribution < -0.4 is 9.84 Å². The van der Waals surface area contributed by atoms with Crippen molar-refractivity contribution in [1.29, 1.82) is 0 Å². The van der Waals surface area contributed by atoms with Crippen LogP contribution in [-0.4, -0.2) is 35.5 Å². The quantitative estimate of drug-likeness (QED) is 0.255. The number of carbonyl (C=O) groups excluding carboxylic acids is 1. The maximum absolute atomic E-state index is 13.6. The Morgan fingerprint density at radius 3 is 1.91 bits per heavy atom. The Labute approximate surface area is 212 Å². The minimum atomic E-state index is -3.95. The molecule has 1 N–H and O–H groups in total. The smallest absolute Gasteiger partial charge is 0.429 e. The number of hydrogen-bond acceptors (Lipinski definition) is 8. The van der Waals surface area contributed by atoms with Gasteiger partial charge in [-0.15, -0.1) is 0 Å². The van der Waals surface area contributed by atoms with Crippen LogP contribution in [0.4, 0.5) is 4.79 Å².